The van der Waals surface area contributed by atoms with Gasteiger partial charge < -0.3 is 9.47 Å². The van der Waals surface area contributed by atoms with Crippen molar-refractivity contribution in [3.05, 3.63) is 194 Å². The minimum Gasteiger partial charge on any atom is -0.311 e. The van der Waals surface area contributed by atoms with Gasteiger partial charge in [0, 0.05) is 38.9 Å². The molecule has 2 heteroatoms. The normalized spacial score (nSPS) is 11.3. The Bertz CT molecular complexity index is 2480. The number of fused-ring (bicyclic) bond motifs is 5. The second kappa shape index (κ2) is 11.8. The summed E-state index contributed by atoms with van der Waals surface area (Å²) in [6.07, 6.45) is 0. The first-order chi connectivity index (χ1) is 23.8. The van der Waals surface area contributed by atoms with Crippen molar-refractivity contribution in [3.8, 4) is 27.9 Å². The van der Waals surface area contributed by atoms with Crippen LogP contribution in [-0.2, 0) is 0 Å². The Hall–Kier alpha value is -6.38. The molecule has 0 N–H and O–H groups in total. The van der Waals surface area contributed by atoms with E-state index in [1.807, 2.05) is 0 Å². The first-order valence-electron chi connectivity index (χ1n) is 16.5. The van der Waals surface area contributed by atoms with E-state index in [-0.39, 0.29) is 0 Å². The molecular weight excluding hydrogens is 581 g/mol. The Balaban J connectivity index is 1.33. The van der Waals surface area contributed by atoms with Crippen LogP contribution in [0, 0.1) is 0 Å². The molecule has 1 aromatic heterocycles. The number of hydrogen-bond acceptors (Lipinski definition) is 1. The highest BCUT2D eigenvalue weighted by Gasteiger charge is 2.22. The van der Waals surface area contributed by atoms with Crippen molar-refractivity contribution < 1.29 is 0 Å². The monoisotopic (exact) mass is 612 g/mol. The molecule has 48 heavy (non-hydrogen) atoms. The van der Waals surface area contributed by atoms with Crippen molar-refractivity contribution in [2.75, 3.05) is 4.90 Å². The summed E-state index contributed by atoms with van der Waals surface area (Å²) in [6.45, 7) is 0. The molecule has 1 heterocycles. The molecule has 0 fully saturated rings. The third-order valence-electron chi connectivity index (χ3n) is 9.34. The van der Waals surface area contributed by atoms with Crippen LogP contribution in [0.25, 0.3) is 60.5 Å². The molecule has 8 aromatic carbocycles. The van der Waals surface area contributed by atoms with E-state index in [0.29, 0.717) is 0 Å². The Morgan fingerprint density at radius 1 is 0.375 bits per heavy atom. The van der Waals surface area contributed by atoms with Gasteiger partial charge in [0.05, 0.1) is 11.0 Å². The van der Waals surface area contributed by atoms with Crippen molar-refractivity contribution in [1.82, 2.24) is 4.57 Å². The van der Waals surface area contributed by atoms with Crippen LogP contribution < -0.4 is 4.90 Å². The summed E-state index contributed by atoms with van der Waals surface area (Å²) >= 11 is 0. The number of rotatable bonds is 6. The van der Waals surface area contributed by atoms with E-state index < -0.39 is 0 Å². The molecule has 0 atom stereocenters. The van der Waals surface area contributed by atoms with Crippen LogP contribution in [0.1, 0.15) is 0 Å². The quantitative estimate of drug-likeness (QED) is 0.181. The third-order valence-corrected chi connectivity index (χ3v) is 9.34. The number of anilines is 3. The zero-order valence-corrected chi connectivity index (χ0v) is 26.4. The molecule has 0 radical (unpaired) electrons. The molecule has 0 spiro atoms. The molecule has 0 unspecified atom stereocenters. The largest absolute Gasteiger partial charge is 0.311 e. The van der Waals surface area contributed by atoms with E-state index in [2.05, 4.69) is 204 Å². The summed E-state index contributed by atoms with van der Waals surface area (Å²) in [7, 11) is 0. The van der Waals surface area contributed by atoms with E-state index in [9.17, 15) is 0 Å². The number of aromatic nitrogens is 1. The molecule has 2 nitrogen and oxygen atoms in total. The van der Waals surface area contributed by atoms with Crippen LogP contribution >= 0.6 is 0 Å². The van der Waals surface area contributed by atoms with Crippen molar-refractivity contribution >= 4 is 49.6 Å². The topological polar surface area (TPSA) is 8.17 Å². The summed E-state index contributed by atoms with van der Waals surface area (Å²) in [6, 6.07) is 69.7. The van der Waals surface area contributed by atoms with E-state index in [1.54, 1.807) is 0 Å². The lowest BCUT2D eigenvalue weighted by molar-refractivity contribution is 1.19. The molecule has 0 amide bonds. The lowest BCUT2D eigenvalue weighted by Crippen LogP contribution is -2.09. The van der Waals surface area contributed by atoms with Crippen LogP contribution in [0.4, 0.5) is 17.1 Å². The summed E-state index contributed by atoms with van der Waals surface area (Å²) in [4.78, 5) is 2.31. The zero-order chi connectivity index (χ0) is 31.9. The molecular formula is C46H32N2. The van der Waals surface area contributed by atoms with Crippen LogP contribution in [0.3, 0.4) is 0 Å². The van der Waals surface area contributed by atoms with Crippen LogP contribution in [-0.4, -0.2) is 4.57 Å². The maximum absolute atomic E-state index is 2.46. The molecule has 9 aromatic rings. The smallest absolute Gasteiger partial charge is 0.0625 e. The molecule has 0 aliphatic heterocycles. The fraction of sp³-hybridized carbons (Fsp3) is 0. The molecule has 0 aliphatic rings. The van der Waals surface area contributed by atoms with Gasteiger partial charge >= 0.3 is 0 Å². The molecule has 9 rings (SSSR count). The first kappa shape index (κ1) is 27.9. The minimum absolute atomic E-state index is 1.12. The van der Waals surface area contributed by atoms with Crippen LogP contribution in [0.5, 0.6) is 0 Å². The van der Waals surface area contributed by atoms with Gasteiger partial charge in [-0.05, 0) is 88.3 Å². The number of para-hydroxylation sites is 3. The SMILES string of the molecule is c1ccc(-c2cc3ccccc3c3c2c2c(-c4ccc(N(c5ccccc5)c5ccccc5)cc4)cccc2n3-c2ccccc2)cc1. The van der Waals surface area contributed by atoms with Crippen molar-refractivity contribution in [1.29, 1.82) is 0 Å². The Kier molecular flexibility index (Phi) is 6.84. The third kappa shape index (κ3) is 4.66. The number of hydrogen-bond donors (Lipinski definition) is 0. The lowest BCUT2D eigenvalue weighted by Gasteiger charge is -2.25. The van der Waals surface area contributed by atoms with Crippen molar-refractivity contribution in [2.45, 2.75) is 0 Å². The summed E-state index contributed by atoms with van der Waals surface area (Å²) < 4.78 is 2.46. The predicted octanol–water partition coefficient (Wildman–Crippen LogP) is 12.7. The molecule has 0 saturated carbocycles. The van der Waals surface area contributed by atoms with Gasteiger partial charge in [-0.1, -0.05) is 133 Å². The van der Waals surface area contributed by atoms with Gasteiger partial charge in [-0.2, -0.15) is 0 Å². The highest BCUT2D eigenvalue weighted by Crippen LogP contribution is 2.46. The van der Waals surface area contributed by atoms with Gasteiger partial charge in [0.1, 0.15) is 0 Å². The summed E-state index contributed by atoms with van der Waals surface area (Å²) in [5.74, 6) is 0. The summed E-state index contributed by atoms with van der Waals surface area (Å²) in [5, 5.41) is 5.01. The molecule has 226 valence electrons. The fourth-order valence-corrected chi connectivity index (χ4v) is 7.25. The van der Waals surface area contributed by atoms with E-state index >= 15 is 0 Å². The van der Waals surface area contributed by atoms with E-state index in [4.69, 9.17) is 0 Å². The average Bonchev–Trinajstić information content (AvgIpc) is 3.52. The van der Waals surface area contributed by atoms with Gasteiger partial charge in [0.2, 0.25) is 0 Å². The zero-order valence-electron chi connectivity index (χ0n) is 26.4. The highest BCUT2D eigenvalue weighted by atomic mass is 15.1. The lowest BCUT2D eigenvalue weighted by atomic mass is 9.92. The van der Waals surface area contributed by atoms with Gasteiger partial charge in [0.15, 0.2) is 0 Å². The predicted molar refractivity (Wildman–Crippen MR) is 204 cm³/mol. The first-order valence-corrected chi connectivity index (χ1v) is 16.5. The van der Waals surface area contributed by atoms with E-state index in [1.165, 1.54) is 54.8 Å². The molecule has 0 saturated heterocycles. The van der Waals surface area contributed by atoms with Crippen LogP contribution in [0.15, 0.2) is 194 Å². The maximum atomic E-state index is 2.46. The second-order valence-corrected chi connectivity index (χ2v) is 12.2. The molecule has 0 aliphatic carbocycles. The number of benzene rings is 8. The Morgan fingerprint density at radius 2 is 0.917 bits per heavy atom. The van der Waals surface area contributed by atoms with Gasteiger partial charge in [-0.15, -0.1) is 0 Å². The maximum Gasteiger partial charge on any atom is 0.0625 e. The van der Waals surface area contributed by atoms with Gasteiger partial charge in [0.25, 0.3) is 0 Å². The Labute approximate surface area is 280 Å². The molecule has 0 bridgehead atoms. The van der Waals surface area contributed by atoms with E-state index in [0.717, 1.165) is 22.7 Å². The average molecular weight is 613 g/mol. The highest BCUT2D eigenvalue weighted by molar-refractivity contribution is 6.27. The van der Waals surface area contributed by atoms with Crippen molar-refractivity contribution in [3.63, 3.8) is 0 Å². The minimum atomic E-state index is 1.12. The van der Waals surface area contributed by atoms with Gasteiger partial charge in [-0.25, -0.2) is 0 Å². The number of nitrogens with zero attached hydrogens (tertiary/aromatic N) is 2. The standard InChI is InChI=1S/C46H32N2/c1-5-16-33(17-6-1)42-32-35-18-13-14-25-41(35)46-45(42)44-40(26-15-27-43(44)48(46)38-23-11-4-12-24-38)34-28-30-39(31-29-34)47(36-19-7-2-8-20-36)37-21-9-3-10-22-37/h1-32H. The Morgan fingerprint density at radius 3 is 1.58 bits per heavy atom. The van der Waals surface area contributed by atoms with Crippen molar-refractivity contribution in [2.24, 2.45) is 0 Å². The second-order valence-electron chi connectivity index (χ2n) is 12.2. The van der Waals surface area contributed by atoms with Gasteiger partial charge in [-0.3, -0.25) is 0 Å². The van der Waals surface area contributed by atoms with Crippen LogP contribution in [0.2, 0.25) is 0 Å². The summed E-state index contributed by atoms with van der Waals surface area (Å²) in [5.41, 5.74) is 11.8. The fourth-order valence-electron chi connectivity index (χ4n) is 7.25.